The second kappa shape index (κ2) is 5.58. The third kappa shape index (κ3) is 2.41. The average Bonchev–Trinajstić information content (AvgIpc) is 2.37. The molecule has 0 radical (unpaired) electrons. The van der Waals surface area contributed by atoms with Gasteiger partial charge in [-0.3, -0.25) is 0 Å². The molecule has 0 aliphatic heterocycles. The zero-order chi connectivity index (χ0) is 13.3. The summed E-state index contributed by atoms with van der Waals surface area (Å²) >= 11 is 24.3. The Bertz CT molecular complexity index is 596. The van der Waals surface area contributed by atoms with Crippen LogP contribution in [0.2, 0.25) is 20.1 Å². The molecule has 0 spiro atoms. The highest BCUT2D eigenvalue weighted by atomic mass is 35.5. The summed E-state index contributed by atoms with van der Waals surface area (Å²) in [5.41, 5.74) is 1.39. The molecule has 2 aromatic rings. The molecule has 0 saturated heterocycles. The topological polar surface area (TPSA) is 9.23 Å². The van der Waals surface area contributed by atoms with E-state index in [9.17, 15) is 0 Å². The van der Waals surface area contributed by atoms with Crippen LogP contribution in [-0.4, -0.2) is 7.11 Å². The SMILES string of the molecule is COc1cccc(Cl)c1-c1ccc(Cl)c(Cl)c1Cl. The Morgan fingerprint density at radius 3 is 2.22 bits per heavy atom. The molecule has 0 aliphatic rings. The van der Waals surface area contributed by atoms with E-state index in [2.05, 4.69) is 0 Å². The Labute approximate surface area is 125 Å². The predicted octanol–water partition coefficient (Wildman–Crippen LogP) is 5.98. The normalized spacial score (nSPS) is 10.5. The molecule has 0 unspecified atom stereocenters. The van der Waals surface area contributed by atoms with Crippen LogP contribution in [0.5, 0.6) is 5.75 Å². The zero-order valence-corrected chi connectivity index (χ0v) is 12.3. The third-order valence-corrected chi connectivity index (χ3v) is 4.11. The fourth-order valence-corrected chi connectivity index (χ4v) is 2.55. The second-order valence-corrected chi connectivity index (χ2v) is 5.11. The van der Waals surface area contributed by atoms with Gasteiger partial charge >= 0.3 is 0 Å². The Morgan fingerprint density at radius 1 is 0.833 bits per heavy atom. The number of ether oxygens (including phenoxy) is 1. The van der Waals surface area contributed by atoms with Crippen LogP contribution in [0.3, 0.4) is 0 Å². The monoisotopic (exact) mass is 320 g/mol. The van der Waals surface area contributed by atoms with Gasteiger partial charge in [0, 0.05) is 11.1 Å². The Hall–Kier alpha value is -0.600. The summed E-state index contributed by atoms with van der Waals surface area (Å²) in [7, 11) is 1.57. The van der Waals surface area contributed by atoms with E-state index in [1.54, 1.807) is 37.4 Å². The van der Waals surface area contributed by atoms with E-state index in [0.29, 0.717) is 37.0 Å². The summed E-state index contributed by atoms with van der Waals surface area (Å²) < 4.78 is 5.29. The largest absolute Gasteiger partial charge is 0.496 e. The lowest BCUT2D eigenvalue weighted by Crippen LogP contribution is -1.90. The van der Waals surface area contributed by atoms with Crippen molar-refractivity contribution in [3.8, 4) is 16.9 Å². The van der Waals surface area contributed by atoms with Gasteiger partial charge in [0.25, 0.3) is 0 Å². The lowest BCUT2D eigenvalue weighted by Gasteiger charge is -2.13. The molecular formula is C13H8Cl4O. The predicted molar refractivity (Wildman–Crippen MR) is 78.5 cm³/mol. The van der Waals surface area contributed by atoms with Crippen LogP contribution in [0.25, 0.3) is 11.1 Å². The van der Waals surface area contributed by atoms with Crippen molar-refractivity contribution >= 4 is 46.4 Å². The molecule has 2 aromatic carbocycles. The second-order valence-electron chi connectivity index (χ2n) is 3.54. The van der Waals surface area contributed by atoms with Gasteiger partial charge in [-0.25, -0.2) is 0 Å². The number of methoxy groups -OCH3 is 1. The van der Waals surface area contributed by atoms with Crippen molar-refractivity contribution < 1.29 is 4.74 Å². The quantitative estimate of drug-likeness (QED) is 0.618. The van der Waals surface area contributed by atoms with E-state index in [4.69, 9.17) is 51.1 Å². The first-order valence-corrected chi connectivity index (χ1v) is 6.53. The first kappa shape index (κ1) is 13.8. The van der Waals surface area contributed by atoms with Crippen molar-refractivity contribution in [2.24, 2.45) is 0 Å². The molecule has 0 aromatic heterocycles. The van der Waals surface area contributed by atoms with E-state index in [1.807, 2.05) is 0 Å². The van der Waals surface area contributed by atoms with E-state index < -0.39 is 0 Å². The van der Waals surface area contributed by atoms with Crippen LogP contribution in [0.4, 0.5) is 0 Å². The molecule has 0 aliphatic carbocycles. The molecule has 94 valence electrons. The van der Waals surface area contributed by atoms with Gasteiger partial charge in [-0.05, 0) is 18.2 Å². The van der Waals surface area contributed by atoms with Crippen molar-refractivity contribution in [1.29, 1.82) is 0 Å². The standard InChI is InChI=1S/C13H8Cl4O/c1-18-10-4-2-3-8(14)11(10)7-5-6-9(15)13(17)12(7)16/h2-6H,1H3. The first-order valence-electron chi connectivity index (χ1n) is 5.02. The molecular weight excluding hydrogens is 314 g/mol. The third-order valence-electron chi connectivity index (χ3n) is 2.50. The van der Waals surface area contributed by atoms with Gasteiger partial charge in [-0.1, -0.05) is 58.5 Å². The number of benzene rings is 2. The maximum Gasteiger partial charge on any atom is 0.128 e. The number of rotatable bonds is 2. The molecule has 0 bridgehead atoms. The lowest BCUT2D eigenvalue weighted by atomic mass is 10.0. The molecule has 0 amide bonds. The number of hydrogen-bond acceptors (Lipinski definition) is 1. The molecule has 0 fully saturated rings. The minimum Gasteiger partial charge on any atom is -0.496 e. The van der Waals surface area contributed by atoms with Gasteiger partial charge in [0.15, 0.2) is 0 Å². The minimum atomic E-state index is 0.304. The fraction of sp³-hybridized carbons (Fsp3) is 0.0769. The van der Waals surface area contributed by atoms with E-state index in [0.717, 1.165) is 0 Å². The molecule has 0 N–H and O–H groups in total. The Kier molecular flexibility index (Phi) is 4.29. The Morgan fingerprint density at radius 2 is 1.56 bits per heavy atom. The summed E-state index contributed by atoms with van der Waals surface area (Å²) in [5.74, 6) is 0.628. The Balaban J connectivity index is 2.73. The van der Waals surface area contributed by atoms with E-state index in [1.165, 1.54) is 0 Å². The summed E-state index contributed by atoms with van der Waals surface area (Å²) in [6, 6.07) is 8.81. The molecule has 18 heavy (non-hydrogen) atoms. The minimum absolute atomic E-state index is 0.304. The average molecular weight is 322 g/mol. The summed E-state index contributed by atoms with van der Waals surface area (Å²) in [6.45, 7) is 0. The van der Waals surface area contributed by atoms with Gasteiger partial charge in [0.1, 0.15) is 5.75 Å². The van der Waals surface area contributed by atoms with Gasteiger partial charge in [0.2, 0.25) is 0 Å². The van der Waals surface area contributed by atoms with Crippen molar-refractivity contribution in [2.75, 3.05) is 7.11 Å². The van der Waals surface area contributed by atoms with Gasteiger partial charge in [0.05, 0.1) is 27.2 Å². The van der Waals surface area contributed by atoms with Crippen LogP contribution in [0.15, 0.2) is 30.3 Å². The van der Waals surface area contributed by atoms with Crippen LogP contribution < -0.4 is 4.74 Å². The summed E-state index contributed by atoms with van der Waals surface area (Å²) in [4.78, 5) is 0. The van der Waals surface area contributed by atoms with Crippen molar-refractivity contribution in [1.82, 2.24) is 0 Å². The highest BCUT2D eigenvalue weighted by Gasteiger charge is 2.16. The van der Waals surface area contributed by atoms with Crippen molar-refractivity contribution in [2.45, 2.75) is 0 Å². The molecule has 1 nitrogen and oxygen atoms in total. The van der Waals surface area contributed by atoms with Gasteiger partial charge in [-0.2, -0.15) is 0 Å². The lowest BCUT2D eigenvalue weighted by molar-refractivity contribution is 0.416. The highest BCUT2D eigenvalue weighted by Crippen LogP contribution is 2.44. The molecule has 5 heteroatoms. The number of halogens is 4. The maximum absolute atomic E-state index is 6.20. The van der Waals surface area contributed by atoms with Crippen LogP contribution >= 0.6 is 46.4 Å². The summed E-state index contributed by atoms with van der Waals surface area (Å²) in [5, 5.41) is 1.60. The number of hydrogen-bond donors (Lipinski definition) is 0. The zero-order valence-electron chi connectivity index (χ0n) is 9.31. The molecule has 0 heterocycles. The molecule has 2 rings (SSSR count). The van der Waals surface area contributed by atoms with E-state index >= 15 is 0 Å². The van der Waals surface area contributed by atoms with Crippen molar-refractivity contribution in [3.05, 3.63) is 50.4 Å². The van der Waals surface area contributed by atoms with Crippen LogP contribution in [0, 0.1) is 0 Å². The maximum atomic E-state index is 6.20. The molecule has 0 saturated carbocycles. The fourth-order valence-electron chi connectivity index (χ4n) is 1.65. The van der Waals surface area contributed by atoms with Gasteiger partial charge in [-0.15, -0.1) is 0 Å². The van der Waals surface area contributed by atoms with E-state index in [-0.39, 0.29) is 0 Å². The summed E-state index contributed by atoms with van der Waals surface area (Å²) in [6.07, 6.45) is 0. The smallest absolute Gasteiger partial charge is 0.128 e. The molecule has 0 atom stereocenters. The van der Waals surface area contributed by atoms with Crippen molar-refractivity contribution in [3.63, 3.8) is 0 Å². The first-order chi connectivity index (χ1) is 8.56. The van der Waals surface area contributed by atoms with Crippen LogP contribution in [-0.2, 0) is 0 Å². The van der Waals surface area contributed by atoms with Gasteiger partial charge < -0.3 is 4.74 Å². The van der Waals surface area contributed by atoms with Crippen LogP contribution in [0.1, 0.15) is 0 Å². The highest BCUT2D eigenvalue weighted by molar-refractivity contribution is 6.49.